The summed E-state index contributed by atoms with van der Waals surface area (Å²) in [5.41, 5.74) is 3.41. The zero-order chi connectivity index (χ0) is 26.2. The molecule has 2 amide bonds. The molecule has 198 valence electrons. The molecule has 2 aromatic carbocycles. The van der Waals surface area contributed by atoms with E-state index >= 15 is 0 Å². The maximum Gasteiger partial charge on any atom is 0.226 e. The van der Waals surface area contributed by atoms with Crippen molar-refractivity contribution < 1.29 is 14.0 Å². The van der Waals surface area contributed by atoms with E-state index in [9.17, 15) is 14.0 Å². The number of fused-ring (bicyclic) bond motifs is 1. The smallest absolute Gasteiger partial charge is 0.226 e. The fourth-order valence-corrected chi connectivity index (χ4v) is 7.24. The summed E-state index contributed by atoms with van der Waals surface area (Å²) >= 11 is 1.76. The molecule has 3 aliphatic rings. The van der Waals surface area contributed by atoms with Crippen molar-refractivity contribution in [3.8, 4) is 0 Å². The Morgan fingerprint density at radius 2 is 1.82 bits per heavy atom. The van der Waals surface area contributed by atoms with Crippen LogP contribution in [0.5, 0.6) is 0 Å². The molecular weight excluding hydrogens is 497 g/mol. The predicted octanol–water partition coefficient (Wildman–Crippen LogP) is 5.09. The average Bonchev–Trinajstić information content (AvgIpc) is 3.60. The van der Waals surface area contributed by atoms with E-state index in [1.54, 1.807) is 23.5 Å². The summed E-state index contributed by atoms with van der Waals surface area (Å²) in [5, 5.41) is 2.11. The number of halogens is 1. The van der Waals surface area contributed by atoms with Crippen LogP contribution in [0.3, 0.4) is 0 Å². The molecule has 1 aliphatic carbocycles. The first kappa shape index (κ1) is 25.3. The van der Waals surface area contributed by atoms with E-state index in [0.717, 1.165) is 24.9 Å². The molecule has 6 rings (SSSR count). The Morgan fingerprint density at radius 1 is 1.00 bits per heavy atom. The molecule has 1 aromatic heterocycles. The number of rotatable bonds is 6. The molecule has 3 heterocycles. The van der Waals surface area contributed by atoms with E-state index in [1.807, 2.05) is 34.1 Å². The first-order valence-electron chi connectivity index (χ1n) is 13.7. The van der Waals surface area contributed by atoms with Crippen LogP contribution in [-0.2, 0) is 16.0 Å². The number of amides is 2. The Labute approximate surface area is 227 Å². The van der Waals surface area contributed by atoms with Gasteiger partial charge in [0.2, 0.25) is 11.8 Å². The highest BCUT2D eigenvalue weighted by Gasteiger charge is 2.47. The van der Waals surface area contributed by atoms with Crippen molar-refractivity contribution in [3.63, 3.8) is 0 Å². The van der Waals surface area contributed by atoms with Crippen LogP contribution in [0, 0.1) is 11.7 Å². The SMILES string of the molecule is CC1CN(C(=O)CCN2CCc3sccc3C2c2cccc(F)c2)CCN1C(=O)C1C[C@H]1c1ccccc1. The Morgan fingerprint density at radius 3 is 2.61 bits per heavy atom. The summed E-state index contributed by atoms with van der Waals surface area (Å²) in [6.45, 7) is 5.29. The van der Waals surface area contributed by atoms with Gasteiger partial charge in [-0.1, -0.05) is 42.5 Å². The number of nitrogens with zero attached hydrogens (tertiary/aromatic N) is 3. The quantitative estimate of drug-likeness (QED) is 0.445. The zero-order valence-electron chi connectivity index (χ0n) is 21.8. The van der Waals surface area contributed by atoms with E-state index in [2.05, 4.69) is 35.4 Å². The van der Waals surface area contributed by atoms with Crippen molar-refractivity contribution in [2.45, 2.75) is 44.2 Å². The third kappa shape index (κ3) is 5.02. The van der Waals surface area contributed by atoms with Crippen molar-refractivity contribution >= 4 is 23.2 Å². The highest BCUT2D eigenvalue weighted by molar-refractivity contribution is 7.10. The molecule has 38 heavy (non-hydrogen) atoms. The van der Waals surface area contributed by atoms with Crippen LogP contribution in [0.1, 0.15) is 53.3 Å². The van der Waals surface area contributed by atoms with Gasteiger partial charge in [-0.25, -0.2) is 4.39 Å². The fraction of sp³-hybridized carbons (Fsp3) is 0.419. The molecule has 0 spiro atoms. The highest BCUT2D eigenvalue weighted by atomic mass is 32.1. The molecule has 4 atom stereocenters. The maximum absolute atomic E-state index is 14.1. The second kappa shape index (κ2) is 10.6. The molecular formula is C31H34FN3O2S. The summed E-state index contributed by atoms with van der Waals surface area (Å²) in [7, 11) is 0. The van der Waals surface area contributed by atoms with Gasteiger partial charge in [-0.15, -0.1) is 11.3 Å². The van der Waals surface area contributed by atoms with Gasteiger partial charge in [0.25, 0.3) is 0 Å². The minimum atomic E-state index is -0.233. The van der Waals surface area contributed by atoms with E-state index in [4.69, 9.17) is 0 Å². The molecule has 1 saturated heterocycles. The van der Waals surface area contributed by atoms with Gasteiger partial charge in [0.1, 0.15) is 5.82 Å². The molecule has 0 N–H and O–H groups in total. The summed E-state index contributed by atoms with van der Waals surface area (Å²) in [4.78, 5) is 34.1. The number of hydrogen-bond acceptors (Lipinski definition) is 4. The largest absolute Gasteiger partial charge is 0.339 e. The molecule has 3 aromatic rings. The maximum atomic E-state index is 14.1. The first-order chi connectivity index (χ1) is 18.5. The molecule has 1 saturated carbocycles. The van der Waals surface area contributed by atoms with Crippen LogP contribution in [0.25, 0.3) is 0 Å². The number of benzene rings is 2. The summed E-state index contributed by atoms with van der Waals surface area (Å²) in [6, 6.07) is 19.3. The zero-order valence-corrected chi connectivity index (χ0v) is 22.6. The van der Waals surface area contributed by atoms with Crippen molar-refractivity contribution in [1.82, 2.24) is 14.7 Å². The Balaban J connectivity index is 1.06. The van der Waals surface area contributed by atoms with Gasteiger partial charge in [0.05, 0.1) is 6.04 Å². The molecule has 0 bridgehead atoms. The lowest BCUT2D eigenvalue weighted by molar-refractivity contribution is -0.143. The Bertz CT molecular complexity index is 1310. The van der Waals surface area contributed by atoms with Crippen molar-refractivity contribution in [1.29, 1.82) is 0 Å². The Kier molecular flexibility index (Phi) is 7.06. The molecule has 2 fully saturated rings. The molecule has 3 unspecified atom stereocenters. The van der Waals surface area contributed by atoms with E-state index in [-0.39, 0.29) is 35.6 Å². The van der Waals surface area contributed by atoms with Crippen molar-refractivity contribution in [3.05, 3.63) is 93.4 Å². The third-order valence-electron chi connectivity index (χ3n) is 8.44. The van der Waals surface area contributed by atoms with Gasteiger partial charge in [-0.3, -0.25) is 14.5 Å². The number of piperazine rings is 1. The fourth-order valence-electron chi connectivity index (χ4n) is 6.33. The van der Waals surface area contributed by atoms with Crippen LogP contribution in [0.2, 0.25) is 0 Å². The van der Waals surface area contributed by atoms with Crippen molar-refractivity contribution in [2.24, 2.45) is 5.92 Å². The molecule has 5 nitrogen and oxygen atoms in total. The molecule has 2 aliphatic heterocycles. The Hall–Kier alpha value is -3.03. The topological polar surface area (TPSA) is 43.9 Å². The molecule has 7 heteroatoms. The van der Waals surface area contributed by atoms with Gasteiger partial charge in [-0.2, -0.15) is 0 Å². The summed E-state index contributed by atoms with van der Waals surface area (Å²) in [5.74, 6) is 0.532. The lowest BCUT2D eigenvalue weighted by atomic mass is 9.93. The van der Waals surface area contributed by atoms with Crippen LogP contribution in [-0.4, -0.2) is 65.3 Å². The minimum absolute atomic E-state index is 0.0145. The van der Waals surface area contributed by atoms with Gasteiger partial charge < -0.3 is 9.80 Å². The van der Waals surface area contributed by atoms with Gasteiger partial charge >= 0.3 is 0 Å². The van der Waals surface area contributed by atoms with Crippen LogP contribution in [0.15, 0.2) is 66.0 Å². The lowest BCUT2D eigenvalue weighted by Gasteiger charge is -2.41. The van der Waals surface area contributed by atoms with Crippen LogP contribution in [0.4, 0.5) is 4.39 Å². The highest BCUT2D eigenvalue weighted by Crippen LogP contribution is 2.48. The second-order valence-corrected chi connectivity index (χ2v) is 11.9. The predicted molar refractivity (Wildman–Crippen MR) is 148 cm³/mol. The van der Waals surface area contributed by atoms with Crippen LogP contribution < -0.4 is 0 Å². The molecule has 0 radical (unpaired) electrons. The monoisotopic (exact) mass is 531 g/mol. The number of carbonyl (C=O) groups excluding carboxylic acids is 2. The number of hydrogen-bond donors (Lipinski definition) is 0. The number of carbonyl (C=O) groups is 2. The first-order valence-corrected chi connectivity index (χ1v) is 14.6. The summed E-state index contributed by atoms with van der Waals surface area (Å²) in [6.07, 6.45) is 2.30. The second-order valence-electron chi connectivity index (χ2n) is 10.9. The van der Waals surface area contributed by atoms with E-state index in [0.29, 0.717) is 38.5 Å². The van der Waals surface area contributed by atoms with Gasteiger partial charge in [0, 0.05) is 56.0 Å². The van der Waals surface area contributed by atoms with Crippen molar-refractivity contribution in [2.75, 3.05) is 32.7 Å². The lowest BCUT2D eigenvalue weighted by Crippen LogP contribution is -2.56. The normalized spacial score (nSPS) is 25.2. The summed E-state index contributed by atoms with van der Waals surface area (Å²) < 4.78 is 14.1. The number of thiophene rings is 1. The van der Waals surface area contributed by atoms with Crippen LogP contribution >= 0.6 is 11.3 Å². The van der Waals surface area contributed by atoms with Gasteiger partial charge in [-0.05, 0) is 66.0 Å². The standard InChI is InChI=1S/C31H34FN3O2S/c1-21-20-34(15-16-35(21)31(37)27-19-26(27)22-6-3-2-4-7-22)29(36)11-14-33-13-10-28-25(12-17-38-28)30(33)23-8-5-9-24(32)18-23/h2-9,12,17-18,21,26-27,30H,10-11,13-16,19-20H2,1H3/t21?,26-,27?,30?/m0/s1. The third-order valence-corrected chi connectivity index (χ3v) is 9.44. The van der Waals surface area contributed by atoms with E-state index in [1.165, 1.54) is 22.1 Å². The average molecular weight is 532 g/mol. The minimum Gasteiger partial charge on any atom is -0.339 e. The van der Waals surface area contributed by atoms with Gasteiger partial charge in [0.15, 0.2) is 0 Å². The van der Waals surface area contributed by atoms with E-state index < -0.39 is 0 Å².